The van der Waals surface area contributed by atoms with E-state index in [9.17, 15) is 9.90 Å². The Kier molecular flexibility index (Phi) is 6.16. The van der Waals surface area contributed by atoms with Crippen molar-refractivity contribution in [2.45, 2.75) is 44.9 Å². The fourth-order valence-electron chi connectivity index (χ4n) is 2.94. The van der Waals surface area contributed by atoms with Crippen LogP contribution in [0.5, 0.6) is 0 Å². The molecule has 5 nitrogen and oxygen atoms in total. The SMILES string of the molecule is CC(NC(=O)CC(C)(O)c1ccccc1)C(C)N1CCOCC1. The van der Waals surface area contributed by atoms with Gasteiger partial charge in [-0.05, 0) is 26.3 Å². The largest absolute Gasteiger partial charge is 0.385 e. The maximum absolute atomic E-state index is 12.3. The maximum atomic E-state index is 12.3. The molecule has 128 valence electrons. The maximum Gasteiger partial charge on any atom is 0.223 e. The lowest BCUT2D eigenvalue weighted by Gasteiger charge is -2.36. The van der Waals surface area contributed by atoms with Crippen LogP contribution in [0.1, 0.15) is 32.8 Å². The van der Waals surface area contributed by atoms with Crippen LogP contribution in [0.25, 0.3) is 0 Å². The van der Waals surface area contributed by atoms with Gasteiger partial charge in [-0.1, -0.05) is 30.3 Å². The van der Waals surface area contributed by atoms with E-state index < -0.39 is 5.60 Å². The summed E-state index contributed by atoms with van der Waals surface area (Å²) in [6, 6.07) is 9.57. The van der Waals surface area contributed by atoms with Gasteiger partial charge >= 0.3 is 0 Å². The van der Waals surface area contributed by atoms with E-state index in [4.69, 9.17) is 4.74 Å². The van der Waals surface area contributed by atoms with E-state index in [-0.39, 0.29) is 24.4 Å². The number of ether oxygens (including phenoxy) is 1. The molecule has 2 N–H and O–H groups in total. The molecule has 0 spiro atoms. The molecule has 1 aromatic carbocycles. The molecule has 3 atom stereocenters. The molecule has 1 heterocycles. The zero-order valence-corrected chi connectivity index (χ0v) is 14.3. The highest BCUT2D eigenvalue weighted by Gasteiger charge is 2.29. The number of nitrogens with zero attached hydrogens (tertiary/aromatic N) is 1. The minimum absolute atomic E-state index is 0.0205. The summed E-state index contributed by atoms with van der Waals surface area (Å²) in [5.74, 6) is -0.133. The first kappa shape index (κ1) is 17.9. The van der Waals surface area contributed by atoms with Crippen molar-refractivity contribution in [3.05, 3.63) is 35.9 Å². The quantitative estimate of drug-likeness (QED) is 0.834. The molecule has 1 aliphatic heterocycles. The number of nitrogens with one attached hydrogen (secondary N) is 1. The van der Waals surface area contributed by atoms with Gasteiger partial charge in [0.2, 0.25) is 5.91 Å². The average molecular weight is 320 g/mol. The van der Waals surface area contributed by atoms with Crippen LogP contribution in [0.15, 0.2) is 30.3 Å². The van der Waals surface area contributed by atoms with Crippen molar-refractivity contribution in [2.75, 3.05) is 26.3 Å². The van der Waals surface area contributed by atoms with Gasteiger partial charge in [-0.15, -0.1) is 0 Å². The van der Waals surface area contributed by atoms with Crippen LogP contribution >= 0.6 is 0 Å². The Bertz CT molecular complexity index is 498. The molecule has 1 fully saturated rings. The van der Waals surface area contributed by atoms with Crippen molar-refractivity contribution >= 4 is 5.91 Å². The van der Waals surface area contributed by atoms with E-state index in [1.54, 1.807) is 6.92 Å². The number of hydrogen-bond acceptors (Lipinski definition) is 4. The van der Waals surface area contributed by atoms with E-state index in [1.807, 2.05) is 37.3 Å². The van der Waals surface area contributed by atoms with Crippen LogP contribution in [0.4, 0.5) is 0 Å². The minimum Gasteiger partial charge on any atom is -0.385 e. The van der Waals surface area contributed by atoms with Gasteiger partial charge < -0.3 is 15.2 Å². The number of hydrogen-bond donors (Lipinski definition) is 2. The average Bonchev–Trinajstić information content (AvgIpc) is 2.55. The van der Waals surface area contributed by atoms with Gasteiger partial charge in [0.15, 0.2) is 0 Å². The van der Waals surface area contributed by atoms with Crippen LogP contribution in [-0.4, -0.2) is 54.3 Å². The van der Waals surface area contributed by atoms with Crippen LogP contribution < -0.4 is 5.32 Å². The smallest absolute Gasteiger partial charge is 0.223 e. The Labute approximate surface area is 138 Å². The molecule has 1 aliphatic rings. The number of morpholine rings is 1. The Hall–Kier alpha value is -1.43. The van der Waals surface area contributed by atoms with Crippen molar-refractivity contribution in [1.82, 2.24) is 10.2 Å². The predicted molar refractivity (Wildman–Crippen MR) is 90.1 cm³/mol. The van der Waals surface area contributed by atoms with E-state index in [2.05, 4.69) is 17.1 Å². The van der Waals surface area contributed by atoms with Gasteiger partial charge in [0.05, 0.1) is 25.2 Å². The number of amides is 1. The number of aliphatic hydroxyl groups is 1. The second-order valence-electron chi connectivity index (χ2n) is 6.56. The van der Waals surface area contributed by atoms with E-state index in [0.717, 1.165) is 31.9 Å². The Morgan fingerprint density at radius 3 is 2.52 bits per heavy atom. The summed E-state index contributed by atoms with van der Waals surface area (Å²) < 4.78 is 5.36. The standard InChI is InChI=1S/C18H28N2O3/c1-14(15(2)20-9-11-23-12-10-20)19-17(21)13-18(3,22)16-7-5-4-6-8-16/h4-8,14-15,22H,9-13H2,1-3H3,(H,19,21). The molecule has 1 aromatic rings. The van der Waals surface area contributed by atoms with Crippen LogP contribution in [0.2, 0.25) is 0 Å². The molecule has 0 saturated carbocycles. The fraction of sp³-hybridized carbons (Fsp3) is 0.611. The molecule has 0 aliphatic carbocycles. The zero-order valence-electron chi connectivity index (χ0n) is 14.3. The molecule has 1 amide bonds. The lowest BCUT2D eigenvalue weighted by atomic mass is 9.92. The highest BCUT2D eigenvalue weighted by Crippen LogP contribution is 2.24. The number of carbonyl (C=O) groups excluding carboxylic acids is 1. The first-order valence-corrected chi connectivity index (χ1v) is 8.29. The molecule has 2 rings (SSSR count). The summed E-state index contributed by atoms with van der Waals surface area (Å²) in [5, 5.41) is 13.6. The molecule has 0 radical (unpaired) electrons. The molecule has 23 heavy (non-hydrogen) atoms. The molecule has 0 bridgehead atoms. The van der Waals surface area contributed by atoms with Crippen molar-refractivity contribution < 1.29 is 14.6 Å². The summed E-state index contributed by atoms with van der Waals surface area (Å²) in [6.45, 7) is 9.08. The summed E-state index contributed by atoms with van der Waals surface area (Å²) in [4.78, 5) is 14.6. The number of benzene rings is 1. The molecule has 1 saturated heterocycles. The van der Waals surface area contributed by atoms with E-state index in [1.165, 1.54) is 0 Å². The van der Waals surface area contributed by atoms with Gasteiger partial charge in [0.1, 0.15) is 0 Å². The molecular weight excluding hydrogens is 292 g/mol. The lowest BCUT2D eigenvalue weighted by molar-refractivity contribution is -0.127. The molecule has 0 aromatic heterocycles. The normalized spacial score (nSPS) is 21.2. The van der Waals surface area contributed by atoms with Crippen molar-refractivity contribution in [3.8, 4) is 0 Å². The third-order valence-corrected chi connectivity index (χ3v) is 4.63. The molecule has 5 heteroatoms. The lowest BCUT2D eigenvalue weighted by Crippen LogP contribution is -2.52. The summed E-state index contributed by atoms with van der Waals surface area (Å²) in [7, 11) is 0. The Morgan fingerprint density at radius 1 is 1.30 bits per heavy atom. The third-order valence-electron chi connectivity index (χ3n) is 4.63. The summed E-state index contributed by atoms with van der Waals surface area (Å²) in [5.41, 5.74) is -0.406. The van der Waals surface area contributed by atoms with Gasteiger partial charge in [0.25, 0.3) is 0 Å². The van der Waals surface area contributed by atoms with Crippen molar-refractivity contribution in [2.24, 2.45) is 0 Å². The first-order chi connectivity index (χ1) is 10.9. The van der Waals surface area contributed by atoms with Gasteiger partial charge in [-0.25, -0.2) is 0 Å². The minimum atomic E-state index is -1.16. The Morgan fingerprint density at radius 2 is 1.91 bits per heavy atom. The second kappa shape index (κ2) is 7.90. The number of rotatable bonds is 6. The summed E-state index contributed by atoms with van der Waals surface area (Å²) >= 11 is 0. The van der Waals surface area contributed by atoms with E-state index in [0.29, 0.717) is 0 Å². The highest BCUT2D eigenvalue weighted by molar-refractivity contribution is 5.77. The van der Waals surface area contributed by atoms with Crippen molar-refractivity contribution in [1.29, 1.82) is 0 Å². The zero-order chi connectivity index (χ0) is 16.9. The fourth-order valence-corrected chi connectivity index (χ4v) is 2.94. The first-order valence-electron chi connectivity index (χ1n) is 8.29. The molecular formula is C18H28N2O3. The topological polar surface area (TPSA) is 61.8 Å². The predicted octanol–water partition coefficient (Wildman–Crippen LogP) is 1.51. The van der Waals surface area contributed by atoms with E-state index >= 15 is 0 Å². The molecule has 3 unspecified atom stereocenters. The van der Waals surface area contributed by atoms with Gasteiger partial charge in [-0.2, -0.15) is 0 Å². The van der Waals surface area contributed by atoms with Crippen LogP contribution in [0, 0.1) is 0 Å². The van der Waals surface area contributed by atoms with Crippen LogP contribution in [0.3, 0.4) is 0 Å². The van der Waals surface area contributed by atoms with Crippen molar-refractivity contribution in [3.63, 3.8) is 0 Å². The summed E-state index contributed by atoms with van der Waals surface area (Å²) in [6.07, 6.45) is 0.0528. The van der Waals surface area contributed by atoms with Crippen LogP contribution in [-0.2, 0) is 15.1 Å². The Balaban J connectivity index is 1.88. The second-order valence-corrected chi connectivity index (χ2v) is 6.56. The monoisotopic (exact) mass is 320 g/mol. The number of carbonyl (C=O) groups is 1. The van der Waals surface area contributed by atoms with Gasteiger partial charge in [0, 0.05) is 25.2 Å². The highest BCUT2D eigenvalue weighted by atomic mass is 16.5. The van der Waals surface area contributed by atoms with Gasteiger partial charge in [-0.3, -0.25) is 9.69 Å². The third kappa shape index (κ3) is 5.03.